The molecule has 0 heterocycles. The lowest BCUT2D eigenvalue weighted by molar-refractivity contribution is -0.126. The zero-order valence-corrected chi connectivity index (χ0v) is 19.0. The number of aromatic carboxylic acids is 1. The predicted octanol–water partition coefficient (Wildman–Crippen LogP) is 5.38. The van der Waals surface area contributed by atoms with E-state index in [1.165, 1.54) is 6.42 Å². The maximum absolute atomic E-state index is 12.4. The Hall–Kier alpha value is -2.86. The number of benzene rings is 2. The Labute approximate surface area is 189 Å². The summed E-state index contributed by atoms with van der Waals surface area (Å²) in [5, 5.41) is 11.8. The van der Waals surface area contributed by atoms with Crippen LogP contribution in [-0.4, -0.2) is 29.7 Å². The molecular weight excluding hydrogens is 406 g/mol. The number of anilines is 1. The van der Waals surface area contributed by atoms with Crippen molar-refractivity contribution >= 4 is 17.6 Å². The minimum atomic E-state index is -0.950. The summed E-state index contributed by atoms with van der Waals surface area (Å²) in [6, 6.07) is 13.7. The Morgan fingerprint density at radius 3 is 2.38 bits per heavy atom. The summed E-state index contributed by atoms with van der Waals surface area (Å²) in [5.41, 5.74) is 1.81. The number of ether oxygens (including phenoxy) is 2. The smallest absolute Gasteiger partial charge is 0.335 e. The van der Waals surface area contributed by atoms with Gasteiger partial charge in [0.2, 0.25) is 5.91 Å². The molecule has 1 aliphatic carbocycles. The molecular formula is C26H33NO5. The van der Waals surface area contributed by atoms with Crippen molar-refractivity contribution in [2.75, 3.05) is 11.9 Å². The zero-order chi connectivity index (χ0) is 23.1. The third kappa shape index (κ3) is 6.82. The standard InChI is InChI=1S/C26H33NO5/c1-17(2)23-13-4-18(3)14-24(23)32-16-25(28)27-21-9-11-22(12-10-21)31-15-19-5-7-20(8-6-19)26(29)30/h5-12,17-18,23-24H,4,13-16H2,1-3H3,(H,27,28)(H,29,30). The van der Waals surface area contributed by atoms with Crippen molar-refractivity contribution in [1.82, 2.24) is 0 Å². The first-order valence-electron chi connectivity index (χ1n) is 11.3. The predicted molar refractivity (Wildman–Crippen MR) is 124 cm³/mol. The highest BCUT2D eigenvalue weighted by Crippen LogP contribution is 2.35. The van der Waals surface area contributed by atoms with Crippen LogP contribution in [0.4, 0.5) is 5.69 Å². The van der Waals surface area contributed by atoms with E-state index >= 15 is 0 Å². The van der Waals surface area contributed by atoms with E-state index in [2.05, 4.69) is 26.1 Å². The lowest BCUT2D eigenvalue weighted by atomic mass is 9.75. The molecule has 3 unspecified atom stereocenters. The first kappa shape index (κ1) is 23.8. The number of carbonyl (C=O) groups is 2. The highest BCUT2D eigenvalue weighted by atomic mass is 16.5. The number of nitrogens with one attached hydrogen (secondary N) is 1. The summed E-state index contributed by atoms with van der Waals surface area (Å²) in [6.45, 7) is 7.10. The van der Waals surface area contributed by atoms with Gasteiger partial charge in [0, 0.05) is 5.69 Å². The molecule has 6 heteroatoms. The Balaban J connectivity index is 1.45. The van der Waals surface area contributed by atoms with Gasteiger partial charge >= 0.3 is 5.97 Å². The number of hydrogen-bond donors (Lipinski definition) is 2. The van der Waals surface area contributed by atoms with Gasteiger partial charge in [0.15, 0.2) is 0 Å². The highest BCUT2D eigenvalue weighted by molar-refractivity contribution is 5.91. The molecule has 172 valence electrons. The second-order valence-electron chi connectivity index (χ2n) is 9.04. The number of amides is 1. The van der Waals surface area contributed by atoms with E-state index in [0.29, 0.717) is 35.8 Å². The number of rotatable bonds is 9. The van der Waals surface area contributed by atoms with Crippen LogP contribution in [0, 0.1) is 17.8 Å². The molecule has 0 spiro atoms. The van der Waals surface area contributed by atoms with E-state index in [9.17, 15) is 9.59 Å². The van der Waals surface area contributed by atoms with Crippen molar-refractivity contribution in [3.63, 3.8) is 0 Å². The number of carboxylic acid groups (broad SMARTS) is 1. The fourth-order valence-corrected chi connectivity index (χ4v) is 4.23. The largest absolute Gasteiger partial charge is 0.489 e. The highest BCUT2D eigenvalue weighted by Gasteiger charge is 2.31. The average Bonchev–Trinajstić information content (AvgIpc) is 2.77. The summed E-state index contributed by atoms with van der Waals surface area (Å²) in [4.78, 5) is 23.3. The second kappa shape index (κ2) is 11.1. The van der Waals surface area contributed by atoms with Crippen molar-refractivity contribution < 1.29 is 24.2 Å². The molecule has 0 aromatic heterocycles. The Morgan fingerprint density at radius 2 is 1.75 bits per heavy atom. The molecule has 2 aromatic rings. The molecule has 3 rings (SSSR count). The molecule has 0 aliphatic heterocycles. The molecule has 0 saturated heterocycles. The quantitative estimate of drug-likeness (QED) is 0.548. The van der Waals surface area contributed by atoms with Crippen LogP contribution in [0.5, 0.6) is 5.75 Å². The van der Waals surface area contributed by atoms with Crippen molar-refractivity contribution in [3.8, 4) is 5.75 Å². The number of carboxylic acids is 1. The molecule has 1 aliphatic rings. The topological polar surface area (TPSA) is 84.9 Å². The van der Waals surface area contributed by atoms with Crippen molar-refractivity contribution in [1.29, 1.82) is 0 Å². The fourth-order valence-electron chi connectivity index (χ4n) is 4.23. The summed E-state index contributed by atoms with van der Waals surface area (Å²) < 4.78 is 11.8. The molecule has 3 atom stereocenters. The number of hydrogen-bond acceptors (Lipinski definition) is 4. The number of carbonyl (C=O) groups excluding carboxylic acids is 1. The van der Waals surface area contributed by atoms with Crippen LogP contribution in [0.2, 0.25) is 0 Å². The van der Waals surface area contributed by atoms with E-state index in [-0.39, 0.29) is 24.2 Å². The monoisotopic (exact) mass is 439 g/mol. The lowest BCUT2D eigenvalue weighted by Crippen LogP contribution is -2.36. The average molecular weight is 440 g/mol. The van der Waals surface area contributed by atoms with Crippen LogP contribution < -0.4 is 10.1 Å². The molecule has 6 nitrogen and oxygen atoms in total. The van der Waals surface area contributed by atoms with Gasteiger partial charge in [0.05, 0.1) is 11.7 Å². The van der Waals surface area contributed by atoms with Gasteiger partial charge in [-0.15, -0.1) is 0 Å². The van der Waals surface area contributed by atoms with Crippen molar-refractivity contribution in [2.24, 2.45) is 17.8 Å². The van der Waals surface area contributed by atoms with Crippen LogP contribution in [0.3, 0.4) is 0 Å². The van der Waals surface area contributed by atoms with Gasteiger partial charge in [-0.1, -0.05) is 39.3 Å². The second-order valence-corrected chi connectivity index (χ2v) is 9.04. The molecule has 1 saturated carbocycles. The summed E-state index contributed by atoms with van der Waals surface area (Å²) >= 11 is 0. The molecule has 0 bridgehead atoms. The Morgan fingerprint density at radius 1 is 1.06 bits per heavy atom. The molecule has 2 N–H and O–H groups in total. The van der Waals surface area contributed by atoms with E-state index in [1.807, 2.05) is 0 Å². The van der Waals surface area contributed by atoms with Crippen LogP contribution in [-0.2, 0) is 16.1 Å². The van der Waals surface area contributed by atoms with Gasteiger partial charge in [-0.05, 0) is 72.6 Å². The fraction of sp³-hybridized carbons (Fsp3) is 0.462. The van der Waals surface area contributed by atoms with Crippen LogP contribution in [0.15, 0.2) is 48.5 Å². The van der Waals surface area contributed by atoms with Gasteiger partial charge in [-0.3, -0.25) is 4.79 Å². The Kier molecular flexibility index (Phi) is 8.28. The maximum Gasteiger partial charge on any atom is 0.335 e. The maximum atomic E-state index is 12.4. The van der Waals surface area contributed by atoms with Gasteiger partial charge in [-0.25, -0.2) is 4.79 Å². The molecule has 1 fully saturated rings. The molecule has 0 radical (unpaired) electrons. The van der Waals surface area contributed by atoms with Gasteiger partial charge in [0.25, 0.3) is 0 Å². The van der Waals surface area contributed by atoms with Crippen LogP contribution in [0.1, 0.15) is 56.0 Å². The van der Waals surface area contributed by atoms with Crippen molar-refractivity contribution in [3.05, 3.63) is 59.7 Å². The van der Waals surface area contributed by atoms with Crippen LogP contribution >= 0.6 is 0 Å². The van der Waals surface area contributed by atoms with Crippen LogP contribution in [0.25, 0.3) is 0 Å². The van der Waals surface area contributed by atoms with Gasteiger partial charge < -0.3 is 19.9 Å². The normalized spacial score (nSPS) is 20.7. The minimum absolute atomic E-state index is 0.0607. The molecule has 1 amide bonds. The third-order valence-electron chi connectivity index (χ3n) is 6.13. The van der Waals surface area contributed by atoms with Gasteiger partial charge in [0.1, 0.15) is 19.0 Å². The van der Waals surface area contributed by atoms with E-state index in [4.69, 9.17) is 14.6 Å². The van der Waals surface area contributed by atoms with E-state index in [1.54, 1.807) is 48.5 Å². The lowest BCUT2D eigenvalue weighted by Gasteiger charge is -2.37. The van der Waals surface area contributed by atoms with Gasteiger partial charge in [-0.2, -0.15) is 0 Å². The zero-order valence-electron chi connectivity index (χ0n) is 19.0. The molecule has 2 aromatic carbocycles. The Bertz CT molecular complexity index is 891. The first-order chi connectivity index (χ1) is 15.3. The SMILES string of the molecule is CC1CCC(C(C)C)C(OCC(=O)Nc2ccc(OCc3ccc(C(=O)O)cc3)cc2)C1. The molecule has 32 heavy (non-hydrogen) atoms. The summed E-state index contributed by atoms with van der Waals surface area (Å²) in [6.07, 6.45) is 3.55. The third-order valence-corrected chi connectivity index (χ3v) is 6.13. The minimum Gasteiger partial charge on any atom is -0.489 e. The summed E-state index contributed by atoms with van der Waals surface area (Å²) in [7, 11) is 0. The van der Waals surface area contributed by atoms with E-state index < -0.39 is 5.97 Å². The van der Waals surface area contributed by atoms with Crippen molar-refractivity contribution in [2.45, 2.75) is 52.7 Å². The summed E-state index contributed by atoms with van der Waals surface area (Å²) in [5.74, 6) is 1.26. The van der Waals surface area contributed by atoms with E-state index in [0.717, 1.165) is 18.4 Å². The first-order valence-corrected chi connectivity index (χ1v) is 11.3.